The minimum Gasteiger partial charge on any atom is -0.399 e. The maximum absolute atomic E-state index is 12.4. The van der Waals surface area contributed by atoms with Gasteiger partial charge in [-0.3, -0.25) is 9.27 Å². The standard InChI is InChI=1S/C19H20N4O7S3/c1-23(30-31(24)17-9-4-14(21)5-10-17)15-6-11-18(19(12-15)33(26,27)28)22-32(25)29-16-7-2-13(20)3-8-16/h2-12,22H,20-21H2,1H3,(H,26,27,28). The lowest BCUT2D eigenvalue weighted by atomic mass is 10.3. The van der Waals surface area contributed by atoms with E-state index in [1.54, 1.807) is 12.1 Å². The van der Waals surface area contributed by atoms with E-state index in [4.69, 9.17) is 19.9 Å². The van der Waals surface area contributed by atoms with E-state index in [1.807, 2.05) is 0 Å². The minimum atomic E-state index is -4.74. The van der Waals surface area contributed by atoms with Crippen LogP contribution in [0.4, 0.5) is 22.7 Å². The summed E-state index contributed by atoms with van der Waals surface area (Å²) in [6, 6.07) is 15.9. The molecule has 33 heavy (non-hydrogen) atoms. The predicted octanol–water partition coefficient (Wildman–Crippen LogP) is 2.26. The summed E-state index contributed by atoms with van der Waals surface area (Å²) in [7, 11) is -3.34. The van der Waals surface area contributed by atoms with Gasteiger partial charge in [-0.2, -0.15) is 16.9 Å². The van der Waals surface area contributed by atoms with E-state index < -0.39 is 37.4 Å². The first kappa shape index (κ1) is 24.5. The fourth-order valence-electron chi connectivity index (χ4n) is 2.49. The van der Waals surface area contributed by atoms with Gasteiger partial charge in [0.25, 0.3) is 10.1 Å². The van der Waals surface area contributed by atoms with Crippen LogP contribution in [0.15, 0.2) is 76.5 Å². The second-order valence-corrected chi connectivity index (χ2v) is 9.84. The van der Waals surface area contributed by atoms with Gasteiger partial charge in [0, 0.05) is 18.4 Å². The van der Waals surface area contributed by atoms with E-state index in [2.05, 4.69) is 4.72 Å². The lowest BCUT2D eigenvalue weighted by Crippen LogP contribution is -2.20. The second kappa shape index (κ2) is 10.2. The molecule has 6 N–H and O–H groups in total. The lowest BCUT2D eigenvalue weighted by Gasteiger charge is -2.19. The van der Waals surface area contributed by atoms with Crippen LogP contribution in [0.1, 0.15) is 0 Å². The third kappa shape index (κ3) is 6.66. The molecular formula is C19H20N4O7S3. The van der Waals surface area contributed by atoms with E-state index in [1.165, 1.54) is 55.6 Å². The van der Waals surface area contributed by atoms with Gasteiger partial charge in [-0.05, 0) is 66.7 Å². The van der Waals surface area contributed by atoms with Crippen LogP contribution in [0.2, 0.25) is 0 Å². The van der Waals surface area contributed by atoms with Crippen molar-refractivity contribution in [2.75, 3.05) is 28.3 Å². The highest BCUT2D eigenvalue weighted by atomic mass is 32.2. The monoisotopic (exact) mass is 512 g/mol. The molecule has 3 rings (SSSR count). The smallest absolute Gasteiger partial charge is 0.316 e. The summed E-state index contributed by atoms with van der Waals surface area (Å²) in [5.74, 6) is 0.221. The van der Waals surface area contributed by atoms with Gasteiger partial charge in [-0.25, -0.2) is 9.27 Å². The molecule has 0 aliphatic rings. The van der Waals surface area contributed by atoms with Crippen molar-refractivity contribution in [2.45, 2.75) is 9.79 Å². The number of benzene rings is 3. The summed E-state index contributed by atoms with van der Waals surface area (Å²) in [6.07, 6.45) is 0. The third-order valence-electron chi connectivity index (χ3n) is 4.10. The second-order valence-electron chi connectivity index (χ2n) is 6.52. The quantitative estimate of drug-likeness (QED) is 0.189. The molecule has 0 bridgehead atoms. The number of nitrogens with zero attached hydrogens (tertiary/aromatic N) is 1. The summed E-state index contributed by atoms with van der Waals surface area (Å²) in [5, 5.41) is 1.06. The zero-order valence-electron chi connectivity index (χ0n) is 17.1. The normalized spacial score (nSPS) is 13.2. The Bertz CT molecular complexity index is 1280. The van der Waals surface area contributed by atoms with Crippen molar-refractivity contribution >= 4 is 55.2 Å². The van der Waals surface area contributed by atoms with Crippen molar-refractivity contribution in [3.05, 3.63) is 66.7 Å². The van der Waals surface area contributed by atoms with E-state index in [-0.39, 0.29) is 17.1 Å². The number of hydrogen-bond acceptors (Lipinski definition) is 9. The molecule has 3 aromatic rings. The Morgan fingerprint density at radius 1 is 0.939 bits per heavy atom. The highest BCUT2D eigenvalue weighted by Crippen LogP contribution is 2.28. The molecule has 0 aliphatic heterocycles. The summed E-state index contributed by atoms with van der Waals surface area (Å²) in [6.45, 7) is 0. The first-order valence-corrected chi connectivity index (χ1v) is 12.7. The zero-order valence-corrected chi connectivity index (χ0v) is 19.5. The van der Waals surface area contributed by atoms with E-state index in [9.17, 15) is 21.4 Å². The highest BCUT2D eigenvalue weighted by Gasteiger charge is 2.20. The summed E-state index contributed by atoms with van der Waals surface area (Å²) < 4.78 is 71.0. The molecule has 0 heterocycles. The van der Waals surface area contributed by atoms with Gasteiger partial charge in [-0.15, -0.1) is 0 Å². The Morgan fingerprint density at radius 2 is 1.52 bits per heavy atom. The van der Waals surface area contributed by atoms with Crippen molar-refractivity contribution in [1.82, 2.24) is 0 Å². The number of hydroxylamine groups is 1. The van der Waals surface area contributed by atoms with Gasteiger partial charge >= 0.3 is 11.3 Å². The van der Waals surface area contributed by atoms with Crippen LogP contribution < -0.4 is 25.4 Å². The number of hydrogen-bond donors (Lipinski definition) is 4. The number of nitrogens with two attached hydrogens (primary N) is 2. The molecule has 0 fully saturated rings. The maximum atomic E-state index is 12.4. The Kier molecular flexibility index (Phi) is 7.55. The van der Waals surface area contributed by atoms with Crippen LogP contribution in [0.5, 0.6) is 5.75 Å². The molecule has 2 unspecified atom stereocenters. The van der Waals surface area contributed by atoms with Crippen LogP contribution in [-0.2, 0) is 36.7 Å². The predicted molar refractivity (Wildman–Crippen MR) is 126 cm³/mol. The van der Waals surface area contributed by atoms with Gasteiger partial charge in [0.15, 0.2) is 0 Å². The van der Waals surface area contributed by atoms with E-state index in [0.717, 1.165) is 11.1 Å². The largest absolute Gasteiger partial charge is 0.399 e. The molecule has 0 saturated heterocycles. The minimum absolute atomic E-state index is 0.141. The van der Waals surface area contributed by atoms with Gasteiger partial charge in [-0.1, -0.05) is 0 Å². The first-order chi connectivity index (χ1) is 15.5. The Hall–Kier alpha value is -3.17. The number of nitrogens with one attached hydrogen (secondary N) is 1. The molecule has 2 atom stereocenters. The molecule has 0 aliphatic carbocycles. The molecule has 0 radical (unpaired) electrons. The zero-order chi connectivity index (χ0) is 24.2. The topological polar surface area (TPSA) is 174 Å². The Balaban J connectivity index is 1.78. The molecule has 0 amide bonds. The SMILES string of the molecule is CN(OS(=O)c1ccc(N)cc1)c1ccc(NS(=O)Oc2ccc(N)cc2)c(S(=O)(=O)O)c1. The molecule has 14 heteroatoms. The molecule has 11 nitrogen and oxygen atoms in total. The fourth-order valence-corrected chi connectivity index (χ4v) is 4.64. The van der Waals surface area contributed by atoms with E-state index >= 15 is 0 Å². The first-order valence-electron chi connectivity index (χ1n) is 9.06. The van der Waals surface area contributed by atoms with Crippen molar-refractivity contribution in [3.8, 4) is 5.75 Å². The van der Waals surface area contributed by atoms with Crippen LogP contribution in [0.25, 0.3) is 0 Å². The molecular weight excluding hydrogens is 492 g/mol. The van der Waals surface area contributed by atoms with Crippen molar-refractivity contribution in [2.24, 2.45) is 0 Å². The molecule has 0 saturated carbocycles. The number of nitrogen functional groups attached to an aromatic ring is 2. The molecule has 176 valence electrons. The summed E-state index contributed by atoms with van der Waals surface area (Å²) in [4.78, 5) is -0.262. The van der Waals surface area contributed by atoms with Crippen LogP contribution in [0, 0.1) is 0 Å². The average Bonchev–Trinajstić information content (AvgIpc) is 2.75. The average molecular weight is 513 g/mol. The number of anilines is 4. The Labute approximate surface area is 195 Å². The molecule has 0 spiro atoms. The van der Waals surface area contributed by atoms with Gasteiger partial charge in [0.05, 0.1) is 16.3 Å². The third-order valence-corrected chi connectivity index (χ3v) is 6.74. The summed E-state index contributed by atoms with van der Waals surface area (Å²) >= 11 is -4.12. The van der Waals surface area contributed by atoms with Crippen molar-refractivity contribution < 1.29 is 29.9 Å². The number of rotatable bonds is 9. The van der Waals surface area contributed by atoms with Gasteiger partial charge in [0.1, 0.15) is 10.6 Å². The Morgan fingerprint density at radius 3 is 2.09 bits per heavy atom. The van der Waals surface area contributed by atoms with Gasteiger partial charge < -0.3 is 15.7 Å². The van der Waals surface area contributed by atoms with Crippen molar-refractivity contribution in [3.63, 3.8) is 0 Å². The van der Waals surface area contributed by atoms with Gasteiger partial charge in [0.2, 0.25) is 11.1 Å². The van der Waals surface area contributed by atoms with Crippen LogP contribution in [-0.4, -0.2) is 28.4 Å². The van der Waals surface area contributed by atoms with Crippen LogP contribution >= 0.6 is 0 Å². The molecule has 3 aromatic carbocycles. The maximum Gasteiger partial charge on any atom is 0.316 e. The van der Waals surface area contributed by atoms with Crippen molar-refractivity contribution in [1.29, 1.82) is 0 Å². The lowest BCUT2D eigenvalue weighted by molar-refractivity contribution is 0.333. The highest BCUT2D eigenvalue weighted by molar-refractivity contribution is 7.86. The van der Waals surface area contributed by atoms with E-state index in [0.29, 0.717) is 16.3 Å². The van der Waals surface area contributed by atoms with Crippen LogP contribution in [0.3, 0.4) is 0 Å². The fraction of sp³-hybridized carbons (Fsp3) is 0.0526. The molecule has 0 aromatic heterocycles. The summed E-state index contributed by atoms with van der Waals surface area (Å²) in [5.41, 5.74) is 12.1.